The Kier molecular flexibility index (Phi) is 23.0. The molecule has 1 N–H and O–H groups in total. The van der Waals surface area contributed by atoms with Crippen LogP contribution in [0.25, 0.3) is 0 Å². The molecule has 1 fully saturated rings. The van der Waals surface area contributed by atoms with Crippen molar-refractivity contribution in [3.63, 3.8) is 0 Å². The van der Waals surface area contributed by atoms with E-state index in [9.17, 15) is 29.1 Å². The molecule has 1 aromatic heterocycles. The molecule has 15 nitrogen and oxygen atoms in total. The second-order valence-corrected chi connectivity index (χ2v) is 21.3. The van der Waals surface area contributed by atoms with Crippen molar-refractivity contribution in [1.29, 1.82) is 0 Å². The van der Waals surface area contributed by atoms with Gasteiger partial charge in [-0.15, -0.1) is 10.2 Å². The number of nitrogens with zero attached hydrogens (tertiary/aromatic N) is 6. The first-order chi connectivity index (χ1) is 30.7. The minimum atomic E-state index is -0.820. The monoisotopic (exact) mass is 947 g/mol. The molecular weight excluding hydrogens is 869 g/mol. The average molecular weight is 947 g/mol. The summed E-state index contributed by atoms with van der Waals surface area (Å²) in [4.78, 5) is 75.1. The fourth-order valence-corrected chi connectivity index (χ4v) is 11.1. The summed E-state index contributed by atoms with van der Waals surface area (Å²) in [5, 5.41) is 19.6. The first-order valence-corrected chi connectivity index (χ1v) is 25.4. The highest BCUT2D eigenvalue weighted by Crippen LogP contribution is 2.34. The number of likely N-dealkylation sites (tertiary alicyclic amines) is 1. The first-order valence-electron chi connectivity index (χ1n) is 23.2. The van der Waals surface area contributed by atoms with Crippen LogP contribution in [0.2, 0.25) is 0 Å². The van der Waals surface area contributed by atoms with Crippen molar-refractivity contribution in [1.82, 2.24) is 29.5 Å². The summed E-state index contributed by atoms with van der Waals surface area (Å²) >= 11 is 0. The Hall–Kier alpha value is -3.51. The highest BCUT2D eigenvalue weighted by Gasteiger charge is 2.44. The van der Waals surface area contributed by atoms with Crippen LogP contribution in [-0.2, 0) is 40.4 Å². The van der Waals surface area contributed by atoms with Gasteiger partial charge in [-0.25, -0.2) is 4.79 Å². The summed E-state index contributed by atoms with van der Waals surface area (Å²) in [6.45, 7) is 17.9. The smallest absolute Gasteiger partial charge is 0.410 e. The molecule has 65 heavy (non-hydrogen) atoms. The van der Waals surface area contributed by atoms with Crippen molar-refractivity contribution in [2.24, 2.45) is 42.6 Å². The molecule has 0 bridgehead atoms. The van der Waals surface area contributed by atoms with Crippen LogP contribution in [0.1, 0.15) is 113 Å². The minimum Gasteiger partial charge on any atom is -0.448 e. The number of aromatic nitrogens is 3. The van der Waals surface area contributed by atoms with Crippen LogP contribution in [0.4, 0.5) is 4.79 Å². The zero-order valence-electron chi connectivity index (χ0n) is 41.3. The number of rotatable bonds is 27. The number of amides is 3. The Labute approximate surface area is 396 Å². The fraction of sp³-hybridized carbons (Fsp3) is 0.729. The largest absolute Gasteiger partial charge is 0.448 e. The predicted octanol–water partition coefficient (Wildman–Crippen LogP) is 7.52. The molecule has 0 saturated carbocycles. The molecule has 17 heteroatoms. The molecule has 2 aromatic rings. The van der Waals surface area contributed by atoms with Crippen molar-refractivity contribution < 1.29 is 43.3 Å². The third-order valence-corrected chi connectivity index (χ3v) is 16.0. The Balaban J connectivity index is 1.72. The minimum absolute atomic E-state index is 0.00230. The Bertz CT molecular complexity index is 1820. The van der Waals surface area contributed by atoms with Crippen LogP contribution < -0.4 is 0 Å². The van der Waals surface area contributed by atoms with Gasteiger partial charge >= 0.3 is 6.09 Å². The topological polar surface area (TPSA) is 174 Å². The number of aryl methyl sites for hydroxylation is 1. The molecule has 1 saturated heterocycles. The number of Topliss-reactive ketones (excluding diaryl/α,β-unsaturated/α-hetero) is 2. The molecule has 11 atom stereocenters. The quantitative estimate of drug-likeness (QED) is 0.0873. The summed E-state index contributed by atoms with van der Waals surface area (Å²) in [5.41, 5.74) is 0.758. The Morgan fingerprint density at radius 1 is 0.877 bits per heavy atom. The zero-order valence-corrected chi connectivity index (χ0v) is 43.0. The van der Waals surface area contributed by atoms with Gasteiger partial charge in [-0.3, -0.25) is 19.2 Å². The van der Waals surface area contributed by atoms with Crippen LogP contribution >= 0.6 is 21.6 Å². The second kappa shape index (κ2) is 26.7. The molecule has 0 unspecified atom stereocenters. The number of ether oxygens (including phenoxy) is 3. The van der Waals surface area contributed by atoms with Crippen LogP contribution in [-0.4, -0.2) is 141 Å². The fourth-order valence-electron chi connectivity index (χ4n) is 9.08. The number of likely N-dealkylation sites (N-methyl/N-ethyl adjacent to an activating group) is 2. The number of benzene rings is 1. The van der Waals surface area contributed by atoms with Gasteiger partial charge in [-0.1, -0.05) is 103 Å². The van der Waals surface area contributed by atoms with E-state index in [0.29, 0.717) is 19.4 Å². The van der Waals surface area contributed by atoms with E-state index in [1.807, 2.05) is 105 Å². The first kappa shape index (κ1) is 55.8. The lowest BCUT2D eigenvalue weighted by atomic mass is 9.83. The van der Waals surface area contributed by atoms with Crippen molar-refractivity contribution in [2.45, 2.75) is 148 Å². The summed E-state index contributed by atoms with van der Waals surface area (Å²) in [5.74, 6) is -2.72. The SMILES string of the molecule is CC[C@H](C)[C@@H]([C@@H](CC(=O)N1CCC[C@H]1[C@H](OC)[C@@H](C)C(=O)C[C@H](C)[C@@H](O)c1ccccc1)OC)N(C)C(=O)[C@@H](CC(=O)[C@H](C(C)C)N(C)C(=O)OC[C@@H](C)SSc1nncn1C)C(C)C. The van der Waals surface area contributed by atoms with Crippen molar-refractivity contribution in [2.75, 3.05) is 41.5 Å². The van der Waals surface area contributed by atoms with Gasteiger partial charge in [-0.05, 0) is 59.8 Å². The average Bonchev–Trinajstić information content (AvgIpc) is 3.94. The number of aliphatic hydroxyl groups is 1. The van der Waals surface area contributed by atoms with Gasteiger partial charge in [0.1, 0.15) is 18.7 Å². The molecule has 3 amide bonds. The van der Waals surface area contributed by atoms with Gasteiger partial charge in [-0.2, -0.15) is 0 Å². The number of carbonyl (C=O) groups is 5. The zero-order chi connectivity index (χ0) is 48.7. The van der Waals surface area contributed by atoms with Gasteiger partial charge in [0.25, 0.3) is 0 Å². The van der Waals surface area contributed by atoms with E-state index < -0.39 is 48.3 Å². The standard InChI is InChI=1S/C48H78N6O9S2/c1-15-31(6)43(40(61-13)26-41(57)54-23-19-22-37(54)45(62-14)34(9)38(55)24-32(7)44(58)35-20-17-16-18-21-35)52(11)46(59)36(29(2)3)25-39(56)42(30(4)5)53(12)48(60)63-27-33(8)64-65-47-50-49-28-51(47)10/h16-18,20-21,28-34,36-37,40,42-45,58H,15,19,22-27H2,1-14H3/t31-,32-,33+,34-,36-,37-,40+,42-,43-,44+,45+/m0/s1. The van der Waals surface area contributed by atoms with Crippen LogP contribution in [0, 0.1) is 35.5 Å². The normalized spacial score (nSPS) is 18.8. The maximum atomic E-state index is 14.6. The second-order valence-electron chi connectivity index (χ2n) is 18.7. The van der Waals surface area contributed by atoms with Crippen molar-refractivity contribution in [3.05, 3.63) is 42.2 Å². The molecule has 2 heterocycles. The van der Waals surface area contributed by atoms with E-state index in [2.05, 4.69) is 10.2 Å². The number of methoxy groups -OCH3 is 2. The summed E-state index contributed by atoms with van der Waals surface area (Å²) in [6.07, 6.45) is 1.20. The highest BCUT2D eigenvalue weighted by molar-refractivity contribution is 8.76. The molecule has 1 aromatic carbocycles. The van der Waals surface area contributed by atoms with Crippen LogP contribution in [0.15, 0.2) is 41.8 Å². The van der Waals surface area contributed by atoms with E-state index in [1.54, 1.807) is 44.1 Å². The number of hydrogen-bond donors (Lipinski definition) is 1. The molecule has 0 aliphatic carbocycles. The predicted molar refractivity (Wildman–Crippen MR) is 256 cm³/mol. The third-order valence-electron chi connectivity index (χ3n) is 13.2. The maximum absolute atomic E-state index is 14.6. The van der Waals surface area contributed by atoms with Gasteiger partial charge < -0.3 is 38.6 Å². The van der Waals surface area contributed by atoms with E-state index in [0.717, 1.165) is 17.1 Å². The Morgan fingerprint density at radius 2 is 1.54 bits per heavy atom. The molecular formula is C48H78N6O9S2. The molecule has 3 rings (SSSR count). The van der Waals surface area contributed by atoms with E-state index in [4.69, 9.17) is 14.2 Å². The summed E-state index contributed by atoms with van der Waals surface area (Å²) in [6, 6.07) is 7.65. The number of aliphatic hydroxyl groups excluding tert-OH is 1. The summed E-state index contributed by atoms with van der Waals surface area (Å²) in [7, 11) is 11.2. The van der Waals surface area contributed by atoms with E-state index in [1.165, 1.54) is 26.5 Å². The molecule has 1 aliphatic heterocycles. The Morgan fingerprint density at radius 3 is 2.09 bits per heavy atom. The lowest BCUT2D eigenvalue weighted by molar-refractivity contribution is -0.149. The number of hydrogen-bond acceptors (Lipinski definition) is 13. The summed E-state index contributed by atoms with van der Waals surface area (Å²) < 4.78 is 19.5. The lowest BCUT2D eigenvalue weighted by Crippen LogP contribution is -2.54. The van der Waals surface area contributed by atoms with E-state index in [-0.39, 0.29) is 84.2 Å². The van der Waals surface area contributed by atoms with Crippen molar-refractivity contribution >= 4 is 51.1 Å². The van der Waals surface area contributed by atoms with Gasteiger partial charge in [0.05, 0.1) is 42.9 Å². The van der Waals surface area contributed by atoms with Crippen molar-refractivity contribution in [3.8, 4) is 0 Å². The molecule has 0 radical (unpaired) electrons. The number of carbonyl (C=O) groups excluding carboxylic acids is 5. The van der Waals surface area contributed by atoms with Crippen LogP contribution in [0.5, 0.6) is 0 Å². The molecule has 366 valence electrons. The third kappa shape index (κ3) is 15.2. The van der Waals surface area contributed by atoms with E-state index >= 15 is 0 Å². The van der Waals surface area contributed by atoms with Gasteiger partial charge in [0.15, 0.2) is 5.78 Å². The molecule has 1 aliphatic rings. The maximum Gasteiger partial charge on any atom is 0.410 e. The highest BCUT2D eigenvalue weighted by atomic mass is 33.1. The van der Waals surface area contributed by atoms with Gasteiger partial charge in [0.2, 0.25) is 17.0 Å². The number of ketones is 2. The lowest BCUT2D eigenvalue weighted by Gasteiger charge is -2.41. The van der Waals surface area contributed by atoms with Gasteiger partial charge in [0, 0.05) is 71.8 Å². The molecule has 0 spiro atoms. The van der Waals surface area contributed by atoms with Crippen LogP contribution in [0.3, 0.4) is 0 Å².